The van der Waals surface area contributed by atoms with Crippen molar-refractivity contribution in [1.29, 1.82) is 0 Å². The Bertz CT molecular complexity index is 1370. The first kappa shape index (κ1) is 14.6. The third-order valence-electron chi connectivity index (χ3n) is 4.34. The molecule has 3 nitrogen and oxygen atoms in total. The summed E-state index contributed by atoms with van der Waals surface area (Å²) in [6.45, 7) is 0. The molecule has 6 rings (SSSR count). The lowest BCUT2D eigenvalue weighted by atomic mass is 10.2. The first-order chi connectivity index (χ1) is 12.8. The molecule has 6 aromatic rings. The van der Waals surface area contributed by atoms with Gasteiger partial charge in [0, 0.05) is 21.2 Å². The number of hydrogen-bond acceptors (Lipinski definition) is 6. The number of benzene rings is 2. The van der Waals surface area contributed by atoms with Gasteiger partial charge in [-0.2, -0.15) is 0 Å². The van der Waals surface area contributed by atoms with Crippen LogP contribution in [0.4, 0.5) is 0 Å². The van der Waals surface area contributed by atoms with Crippen molar-refractivity contribution in [3.05, 3.63) is 59.3 Å². The lowest BCUT2D eigenvalue weighted by Crippen LogP contribution is -1.77. The normalized spacial score (nSPS) is 11.8. The second kappa shape index (κ2) is 5.48. The third kappa shape index (κ3) is 2.16. The zero-order valence-corrected chi connectivity index (χ0v) is 15.8. The van der Waals surface area contributed by atoms with Gasteiger partial charge in [0.05, 0.1) is 14.9 Å². The Morgan fingerprint density at radius 1 is 0.846 bits per heavy atom. The van der Waals surface area contributed by atoms with Crippen molar-refractivity contribution in [3.63, 3.8) is 0 Å². The summed E-state index contributed by atoms with van der Waals surface area (Å²) in [5.41, 5.74) is 4.86. The number of fused-ring (bicyclic) bond motifs is 3. The van der Waals surface area contributed by atoms with Crippen LogP contribution >= 0.6 is 34.0 Å². The van der Waals surface area contributed by atoms with E-state index in [4.69, 9.17) is 9.40 Å². The van der Waals surface area contributed by atoms with Crippen LogP contribution in [0, 0.1) is 0 Å². The second-order valence-corrected chi connectivity index (χ2v) is 8.81. The van der Waals surface area contributed by atoms with Crippen molar-refractivity contribution in [2.24, 2.45) is 0 Å². The number of nitrogens with zero attached hydrogens (tertiary/aromatic N) is 2. The average molecular weight is 391 g/mol. The van der Waals surface area contributed by atoms with Crippen LogP contribution in [0.25, 0.3) is 52.7 Å². The van der Waals surface area contributed by atoms with Gasteiger partial charge in [-0.1, -0.05) is 12.1 Å². The zero-order chi connectivity index (χ0) is 17.1. The Morgan fingerprint density at radius 3 is 2.77 bits per heavy atom. The van der Waals surface area contributed by atoms with Crippen molar-refractivity contribution in [3.8, 4) is 22.0 Å². The molecular weight excluding hydrogens is 380 g/mol. The predicted molar refractivity (Wildman–Crippen MR) is 111 cm³/mol. The molecule has 0 aliphatic heterocycles. The summed E-state index contributed by atoms with van der Waals surface area (Å²) in [6.07, 6.45) is 0. The highest BCUT2D eigenvalue weighted by molar-refractivity contribution is 7.28. The van der Waals surface area contributed by atoms with Gasteiger partial charge in [-0.3, -0.25) is 0 Å². The maximum absolute atomic E-state index is 5.90. The molecular formula is C20H10N2OS3. The molecule has 6 heteroatoms. The lowest BCUT2D eigenvalue weighted by Gasteiger charge is -1.94. The van der Waals surface area contributed by atoms with Crippen molar-refractivity contribution in [2.45, 2.75) is 0 Å². The molecule has 0 saturated heterocycles. The van der Waals surface area contributed by atoms with Gasteiger partial charge in [0.25, 0.3) is 0 Å². The van der Waals surface area contributed by atoms with Gasteiger partial charge in [-0.25, -0.2) is 9.97 Å². The summed E-state index contributed by atoms with van der Waals surface area (Å²) >= 11 is 5.29. The van der Waals surface area contributed by atoms with Crippen LogP contribution in [0.15, 0.2) is 63.7 Å². The highest BCUT2D eigenvalue weighted by Gasteiger charge is 2.14. The van der Waals surface area contributed by atoms with E-state index in [1.807, 2.05) is 24.3 Å². The average Bonchev–Trinajstić information content (AvgIpc) is 3.41. The number of aromatic nitrogens is 2. The van der Waals surface area contributed by atoms with Gasteiger partial charge in [0.2, 0.25) is 5.89 Å². The fraction of sp³-hybridized carbons (Fsp3) is 0. The molecule has 0 bridgehead atoms. The van der Waals surface area contributed by atoms with Crippen LogP contribution in [-0.4, -0.2) is 9.97 Å². The van der Waals surface area contributed by atoms with E-state index in [0.29, 0.717) is 5.89 Å². The van der Waals surface area contributed by atoms with Crippen LogP contribution in [0.1, 0.15) is 0 Å². The van der Waals surface area contributed by atoms with Gasteiger partial charge in [0.1, 0.15) is 10.5 Å². The number of para-hydroxylation sites is 2. The fourth-order valence-electron chi connectivity index (χ4n) is 3.08. The fourth-order valence-corrected chi connectivity index (χ4v) is 6.28. The first-order valence-electron chi connectivity index (χ1n) is 8.07. The molecule has 0 aliphatic rings. The van der Waals surface area contributed by atoms with Crippen LogP contribution in [0.5, 0.6) is 0 Å². The molecule has 26 heavy (non-hydrogen) atoms. The Hall–Kier alpha value is -2.54. The van der Waals surface area contributed by atoms with Crippen LogP contribution in [0.3, 0.4) is 0 Å². The molecule has 0 saturated carbocycles. The Labute approximate surface area is 160 Å². The summed E-state index contributed by atoms with van der Waals surface area (Å²) in [5, 5.41) is 5.42. The minimum atomic E-state index is 0.638. The van der Waals surface area contributed by atoms with Crippen molar-refractivity contribution in [1.82, 2.24) is 9.97 Å². The SMILES string of the molecule is c1ccc2oc(-c3ccc4sc(-c5csc6ccsc56)nc4c3)nc2c1. The topological polar surface area (TPSA) is 38.9 Å². The van der Waals surface area contributed by atoms with Crippen LogP contribution in [-0.2, 0) is 0 Å². The van der Waals surface area contributed by atoms with Gasteiger partial charge in [-0.05, 0) is 41.8 Å². The summed E-state index contributed by atoms with van der Waals surface area (Å²) in [5.74, 6) is 0.638. The van der Waals surface area contributed by atoms with Crippen molar-refractivity contribution < 1.29 is 4.42 Å². The molecule has 4 heterocycles. The molecule has 0 aliphatic carbocycles. The van der Waals surface area contributed by atoms with Crippen LogP contribution < -0.4 is 0 Å². The van der Waals surface area contributed by atoms with E-state index in [-0.39, 0.29) is 0 Å². The maximum Gasteiger partial charge on any atom is 0.227 e. The number of oxazole rings is 1. The highest BCUT2D eigenvalue weighted by Crippen LogP contribution is 2.41. The Morgan fingerprint density at radius 2 is 1.81 bits per heavy atom. The maximum atomic E-state index is 5.90. The van der Waals surface area contributed by atoms with Gasteiger partial charge in [0.15, 0.2) is 5.58 Å². The second-order valence-electron chi connectivity index (χ2n) is 5.95. The molecule has 0 spiro atoms. The minimum Gasteiger partial charge on any atom is -0.436 e. The molecule has 0 N–H and O–H groups in total. The number of thiazole rings is 1. The summed E-state index contributed by atoms with van der Waals surface area (Å²) in [6, 6.07) is 16.2. The molecule has 4 aromatic heterocycles. The standard InChI is InChI=1S/C20H10N2OS3/c1-2-4-15-13(3-1)21-19(23-15)11-5-6-16-14(9-11)22-20(26-16)12-10-25-17-7-8-24-18(12)17/h1-10H. The number of rotatable bonds is 2. The zero-order valence-electron chi connectivity index (χ0n) is 13.3. The number of thiophene rings is 2. The van der Waals surface area contributed by atoms with Gasteiger partial charge >= 0.3 is 0 Å². The first-order valence-corrected chi connectivity index (χ1v) is 10.6. The lowest BCUT2D eigenvalue weighted by molar-refractivity contribution is 0.620. The molecule has 0 atom stereocenters. The molecule has 0 unspecified atom stereocenters. The molecule has 0 radical (unpaired) electrons. The Balaban J connectivity index is 1.49. The monoisotopic (exact) mass is 390 g/mol. The summed E-state index contributed by atoms with van der Waals surface area (Å²) in [4.78, 5) is 9.48. The van der Waals surface area contributed by atoms with Crippen molar-refractivity contribution in [2.75, 3.05) is 0 Å². The number of hydrogen-bond donors (Lipinski definition) is 0. The molecule has 0 amide bonds. The predicted octanol–water partition coefficient (Wildman–Crippen LogP) is 7.05. The summed E-state index contributed by atoms with van der Waals surface area (Å²) < 4.78 is 9.73. The molecule has 124 valence electrons. The van der Waals surface area contributed by atoms with Crippen molar-refractivity contribution >= 4 is 64.7 Å². The van der Waals surface area contributed by atoms with E-state index < -0.39 is 0 Å². The van der Waals surface area contributed by atoms with E-state index in [1.165, 1.54) is 19.7 Å². The van der Waals surface area contributed by atoms with Gasteiger partial charge in [-0.15, -0.1) is 34.0 Å². The van der Waals surface area contributed by atoms with E-state index in [2.05, 4.69) is 40.0 Å². The van der Waals surface area contributed by atoms with Crippen LogP contribution in [0.2, 0.25) is 0 Å². The van der Waals surface area contributed by atoms with E-state index in [1.54, 1.807) is 34.0 Å². The Kier molecular flexibility index (Phi) is 3.08. The highest BCUT2D eigenvalue weighted by atomic mass is 32.1. The van der Waals surface area contributed by atoms with Gasteiger partial charge < -0.3 is 4.42 Å². The van der Waals surface area contributed by atoms with E-state index in [9.17, 15) is 0 Å². The molecule has 2 aromatic carbocycles. The molecule has 0 fully saturated rings. The largest absolute Gasteiger partial charge is 0.436 e. The smallest absolute Gasteiger partial charge is 0.227 e. The third-order valence-corrected chi connectivity index (χ3v) is 7.43. The van der Waals surface area contributed by atoms with E-state index >= 15 is 0 Å². The van der Waals surface area contributed by atoms with E-state index in [0.717, 1.165) is 27.2 Å². The summed E-state index contributed by atoms with van der Waals surface area (Å²) in [7, 11) is 0. The minimum absolute atomic E-state index is 0.638. The quantitative estimate of drug-likeness (QED) is 0.318.